The zero-order valence-electron chi connectivity index (χ0n) is 34.1. The summed E-state index contributed by atoms with van der Waals surface area (Å²) in [5, 5.41) is 0. The van der Waals surface area contributed by atoms with Gasteiger partial charge in [0.25, 0.3) is 0 Å². The van der Waals surface area contributed by atoms with E-state index < -0.39 is 0 Å². The second-order valence-corrected chi connectivity index (χ2v) is 12.5. The first-order valence-corrected chi connectivity index (χ1v) is 18.8. The second kappa shape index (κ2) is 23.7. The highest BCUT2D eigenvalue weighted by Gasteiger charge is 2.22. The predicted molar refractivity (Wildman–Crippen MR) is 239 cm³/mol. The molecular formula is C50H50O10. The van der Waals surface area contributed by atoms with Crippen molar-refractivity contribution in [3.8, 4) is 57.1 Å². The van der Waals surface area contributed by atoms with E-state index in [-0.39, 0.29) is 38.0 Å². The van der Waals surface area contributed by atoms with Crippen LogP contribution in [0.5, 0.6) is 46.0 Å². The van der Waals surface area contributed by atoms with Crippen molar-refractivity contribution >= 4 is 23.7 Å². The van der Waals surface area contributed by atoms with E-state index in [0.717, 1.165) is 0 Å². The Kier molecular flexibility index (Phi) is 17.9. The van der Waals surface area contributed by atoms with Crippen LogP contribution in [-0.4, -0.2) is 65.4 Å². The minimum absolute atomic E-state index is 0.152. The van der Waals surface area contributed by atoms with Gasteiger partial charge >= 0.3 is 0 Å². The monoisotopic (exact) mass is 810 g/mol. The van der Waals surface area contributed by atoms with E-state index in [4.69, 9.17) is 37.9 Å². The average molecular weight is 811 g/mol. The fourth-order valence-corrected chi connectivity index (χ4v) is 5.69. The Morgan fingerprint density at radius 1 is 0.450 bits per heavy atom. The van der Waals surface area contributed by atoms with Crippen molar-refractivity contribution < 1.29 is 47.5 Å². The normalized spacial score (nSPS) is 10.6. The van der Waals surface area contributed by atoms with E-state index >= 15 is 0 Å². The lowest BCUT2D eigenvalue weighted by molar-refractivity contribution is 0.103. The zero-order chi connectivity index (χ0) is 43.3. The molecule has 0 saturated heterocycles. The Morgan fingerprint density at radius 3 is 1.15 bits per heavy atom. The molecule has 0 spiro atoms. The molecule has 60 heavy (non-hydrogen) atoms. The molecule has 0 fully saturated rings. The number of carbonyl (C=O) groups excluding carboxylic acids is 2. The Morgan fingerprint density at radius 2 is 0.800 bits per heavy atom. The molecule has 10 heteroatoms. The molecule has 0 heterocycles. The van der Waals surface area contributed by atoms with Crippen molar-refractivity contribution in [3.63, 3.8) is 0 Å². The van der Waals surface area contributed by atoms with Crippen molar-refractivity contribution in [2.24, 2.45) is 0 Å². The number of rotatable bonds is 27. The van der Waals surface area contributed by atoms with Crippen LogP contribution >= 0.6 is 0 Å². The van der Waals surface area contributed by atoms with E-state index in [1.807, 2.05) is 12.1 Å². The standard InChI is InChI=1S/C50H50O10/c1-9-23-55-37-17-19-39(45(33-37)57-25-11-3)43(51)21-15-35-29-41(49(59-27-13-5)47(31-35)53-7)42-30-36(32-48(54-8)50(42)60-28-14-6)16-22-44(52)40-20-18-38(56-24-10-2)34-46(40)58-26-12-4/h9-22,29-34H,1-6,23-28H2,7-8H3/b21-15+,22-16+. The molecule has 0 bridgehead atoms. The lowest BCUT2D eigenvalue weighted by Gasteiger charge is -2.20. The van der Waals surface area contributed by atoms with Gasteiger partial charge in [0, 0.05) is 23.3 Å². The molecule has 0 radical (unpaired) electrons. The van der Waals surface area contributed by atoms with Crippen LogP contribution in [0.25, 0.3) is 23.3 Å². The molecule has 0 atom stereocenters. The van der Waals surface area contributed by atoms with Gasteiger partial charge in [-0.2, -0.15) is 0 Å². The minimum atomic E-state index is -0.317. The van der Waals surface area contributed by atoms with Crippen LogP contribution in [0.1, 0.15) is 31.8 Å². The number of ether oxygens (including phenoxy) is 8. The molecule has 0 aliphatic heterocycles. The van der Waals surface area contributed by atoms with Gasteiger partial charge in [-0.05, 0) is 71.8 Å². The van der Waals surface area contributed by atoms with Gasteiger partial charge in [0.2, 0.25) is 0 Å². The van der Waals surface area contributed by atoms with Crippen LogP contribution in [0.2, 0.25) is 0 Å². The van der Waals surface area contributed by atoms with Gasteiger partial charge in [0.1, 0.15) is 62.6 Å². The highest BCUT2D eigenvalue weighted by molar-refractivity contribution is 6.09. The van der Waals surface area contributed by atoms with E-state index in [1.54, 1.807) is 97.1 Å². The van der Waals surface area contributed by atoms with Gasteiger partial charge in [-0.25, -0.2) is 0 Å². The number of allylic oxidation sites excluding steroid dienone is 2. The summed E-state index contributed by atoms with van der Waals surface area (Å²) in [7, 11) is 3.03. The number of ketones is 2. The van der Waals surface area contributed by atoms with Gasteiger partial charge in [-0.1, -0.05) is 88.1 Å². The summed E-state index contributed by atoms with van der Waals surface area (Å²) in [6.45, 7) is 23.7. The smallest absolute Gasteiger partial charge is 0.189 e. The molecule has 4 aromatic rings. The quantitative estimate of drug-likeness (QED) is 0.0328. The first-order valence-electron chi connectivity index (χ1n) is 18.8. The number of carbonyl (C=O) groups is 2. The van der Waals surface area contributed by atoms with Crippen LogP contribution in [-0.2, 0) is 0 Å². The van der Waals surface area contributed by atoms with E-state index in [2.05, 4.69) is 39.5 Å². The summed E-state index contributed by atoms with van der Waals surface area (Å²) in [6.07, 6.45) is 15.9. The maximum absolute atomic E-state index is 13.7. The largest absolute Gasteiger partial charge is 0.493 e. The minimum Gasteiger partial charge on any atom is -0.493 e. The molecule has 4 rings (SSSR count). The molecule has 10 nitrogen and oxygen atoms in total. The molecule has 310 valence electrons. The summed E-state index contributed by atoms with van der Waals surface area (Å²) in [5.41, 5.74) is 2.92. The molecule has 0 amide bonds. The molecule has 0 aliphatic rings. The summed E-state index contributed by atoms with van der Waals surface area (Å²) in [5.74, 6) is 2.59. The molecular weight excluding hydrogens is 761 g/mol. The fourth-order valence-electron chi connectivity index (χ4n) is 5.69. The third-order valence-corrected chi connectivity index (χ3v) is 8.32. The Labute approximate surface area is 352 Å². The lowest BCUT2D eigenvalue weighted by Crippen LogP contribution is -2.04. The maximum Gasteiger partial charge on any atom is 0.189 e. The number of hydrogen-bond acceptors (Lipinski definition) is 10. The first kappa shape index (κ1) is 45.2. The van der Waals surface area contributed by atoms with Crippen molar-refractivity contribution in [2.75, 3.05) is 53.9 Å². The Balaban J connectivity index is 1.85. The fraction of sp³-hybridized carbons (Fsp3) is 0.160. The number of hydrogen-bond donors (Lipinski definition) is 0. The van der Waals surface area contributed by atoms with Crippen LogP contribution in [0.15, 0.2) is 149 Å². The third-order valence-electron chi connectivity index (χ3n) is 8.32. The molecule has 0 aromatic heterocycles. The highest BCUT2D eigenvalue weighted by Crippen LogP contribution is 2.47. The topological polar surface area (TPSA) is 108 Å². The van der Waals surface area contributed by atoms with E-state index in [0.29, 0.717) is 92.6 Å². The Bertz CT molecular complexity index is 2100. The van der Waals surface area contributed by atoms with Gasteiger partial charge in [-0.3, -0.25) is 9.59 Å². The summed E-state index contributed by atoms with van der Waals surface area (Å²) in [4.78, 5) is 27.4. The molecule has 0 saturated carbocycles. The van der Waals surface area contributed by atoms with Crippen molar-refractivity contribution in [2.45, 2.75) is 0 Å². The maximum atomic E-state index is 13.7. The molecule has 0 N–H and O–H groups in total. The summed E-state index contributed by atoms with van der Waals surface area (Å²) < 4.78 is 47.1. The van der Waals surface area contributed by atoms with E-state index in [9.17, 15) is 9.59 Å². The van der Waals surface area contributed by atoms with Gasteiger partial charge in [-0.15, -0.1) is 0 Å². The van der Waals surface area contributed by atoms with Crippen molar-refractivity contribution in [1.29, 1.82) is 0 Å². The zero-order valence-corrected chi connectivity index (χ0v) is 34.1. The third kappa shape index (κ3) is 12.3. The average Bonchev–Trinajstić information content (AvgIpc) is 3.27. The van der Waals surface area contributed by atoms with Gasteiger partial charge < -0.3 is 37.9 Å². The molecule has 4 aromatic carbocycles. The van der Waals surface area contributed by atoms with Crippen molar-refractivity contribution in [1.82, 2.24) is 0 Å². The van der Waals surface area contributed by atoms with Crippen LogP contribution < -0.4 is 37.9 Å². The van der Waals surface area contributed by atoms with Gasteiger partial charge in [0.05, 0.1) is 25.3 Å². The molecule has 0 unspecified atom stereocenters. The van der Waals surface area contributed by atoms with E-state index in [1.165, 1.54) is 26.4 Å². The predicted octanol–water partition coefficient (Wildman–Crippen LogP) is 10.6. The van der Waals surface area contributed by atoms with Crippen LogP contribution in [0.3, 0.4) is 0 Å². The highest BCUT2D eigenvalue weighted by atomic mass is 16.5. The van der Waals surface area contributed by atoms with Crippen LogP contribution in [0, 0.1) is 0 Å². The summed E-state index contributed by atoms with van der Waals surface area (Å²) in [6, 6.07) is 17.1. The lowest BCUT2D eigenvalue weighted by atomic mass is 9.96. The van der Waals surface area contributed by atoms with Gasteiger partial charge in [0.15, 0.2) is 34.6 Å². The van der Waals surface area contributed by atoms with Crippen LogP contribution in [0.4, 0.5) is 0 Å². The second-order valence-electron chi connectivity index (χ2n) is 12.5. The summed E-state index contributed by atoms with van der Waals surface area (Å²) >= 11 is 0. The number of benzene rings is 4. The van der Waals surface area contributed by atoms with Crippen molar-refractivity contribution in [3.05, 3.63) is 171 Å². The molecule has 0 aliphatic carbocycles. The SMILES string of the molecule is C=CCOc1ccc(C(=O)/C=C/c2cc(OC)c(OCC=C)c(-c3cc(/C=C/C(=O)c4ccc(OCC=C)cc4OCC=C)cc(OC)c3OCC=C)c2)c(OCC=C)c1. The Hall–Kier alpha value is -7.46. The number of methoxy groups -OCH3 is 2. The first-order chi connectivity index (χ1) is 29.2.